The maximum atomic E-state index is 13.0. The van der Waals surface area contributed by atoms with Crippen LogP contribution in [0.2, 0.25) is 0 Å². The highest BCUT2D eigenvalue weighted by atomic mass is 16.5. The van der Waals surface area contributed by atoms with Crippen LogP contribution in [-0.2, 0) is 4.79 Å². The van der Waals surface area contributed by atoms with E-state index >= 15 is 0 Å². The first-order valence-corrected chi connectivity index (χ1v) is 10.2. The minimum Gasteiger partial charge on any atom is -0.497 e. The van der Waals surface area contributed by atoms with Gasteiger partial charge < -0.3 is 19.1 Å². The lowest BCUT2D eigenvalue weighted by Gasteiger charge is -2.27. The van der Waals surface area contributed by atoms with Crippen LogP contribution < -0.4 is 14.2 Å². The fraction of sp³-hybridized carbons (Fsp3) is 0.458. The lowest BCUT2D eigenvalue weighted by molar-refractivity contribution is -0.134. The molecule has 3 rings (SSSR count). The summed E-state index contributed by atoms with van der Waals surface area (Å²) in [5.41, 5.74) is 3.26. The van der Waals surface area contributed by atoms with Crippen LogP contribution >= 0.6 is 0 Å². The van der Waals surface area contributed by atoms with Crippen molar-refractivity contribution in [2.75, 3.05) is 27.4 Å². The second-order valence-corrected chi connectivity index (χ2v) is 7.84. The molecule has 0 aliphatic carbocycles. The Morgan fingerprint density at radius 2 is 1.90 bits per heavy atom. The Kier molecular flexibility index (Phi) is 6.68. The molecule has 1 saturated heterocycles. The summed E-state index contributed by atoms with van der Waals surface area (Å²) in [5, 5.41) is 0. The van der Waals surface area contributed by atoms with Crippen LogP contribution in [-0.4, -0.2) is 38.2 Å². The Balaban J connectivity index is 1.75. The van der Waals surface area contributed by atoms with Gasteiger partial charge in [0.2, 0.25) is 0 Å². The zero-order chi connectivity index (χ0) is 21.0. The van der Waals surface area contributed by atoms with Gasteiger partial charge in [-0.15, -0.1) is 0 Å². The third-order valence-corrected chi connectivity index (χ3v) is 5.52. The van der Waals surface area contributed by atoms with E-state index in [2.05, 4.69) is 26.0 Å². The second kappa shape index (κ2) is 9.21. The third-order valence-electron chi connectivity index (χ3n) is 5.52. The second-order valence-electron chi connectivity index (χ2n) is 7.84. The summed E-state index contributed by atoms with van der Waals surface area (Å²) >= 11 is 0. The largest absolute Gasteiger partial charge is 0.497 e. The van der Waals surface area contributed by atoms with Crippen molar-refractivity contribution in [3.05, 3.63) is 53.1 Å². The predicted molar refractivity (Wildman–Crippen MR) is 114 cm³/mol. The Bertz CT molecular complexity index is 862. The van der Waals surface area contributed by atoms with Crippen molar-refractivity contribution in [1.29, 1.82) is 0 Å². The Morgan fingerprint density at radius 1 is 1.10 bits per heavy atom. The number of carbonyl (C=O) groups is 1. The molecule has 0 aromatic heterocycles. The van der Waals surface area contributed by atoms with Crippen LogP contribution in [0.5, 0.6) is 17.2 Å². The van der Waals surface area contributed by atoms with Gasteiger partial charge in [0, 0.05) is 18.2 Å². The van der Waals surface area contributed by atoms with E-state index in [1.165, 1.54) is 0 Å². The number of hydrogen-bond acceptors (Lipinski definition) is 4. The topological polar surface area (TPSA) is 48.0 Å². The van der Waals surface area contributed by atoms with Crippen molar-refractivity contribution < 1.29 is 19.0 Å². The first kappa shape index (κ1) is 21.0. The number of likely N-dealkylation sites (tertiary alicyclic amines) is 1. The molecule has 5 heteroatoms. The summed E-state index contributed by atoms with van der Waals surface area (Å²) in [6.07, 6.45) is 1.88. The van der Waals surface area contributed by atoms with Gasteiger partial charge in [0.1, 0.15) is 17.2 Å². The van der Waals surface area contributed by atoms with Gasteiger partial charge in [0.15, 0.2) is 6.61 Å². The monoisotopic (exact) mass is 397 g/mol. The number of ether oxygens (including phenoxy) is 3. The molecule has 1 amide bonds. The van der Waals surface area contributed by atoms with Gasteiger partial charge in [-0.2, -0.15) is 0 Å². The van der Waals surface area contributed by atoms with E-state index in [1.54, 1.807) is 14.2 Å². The molecular weight excluding hydrogens is 366 g/mol. The van der Waals surface area contributed by atoms with Gasteiger partial charge in [-0.1, -0.05) is 26.0 Å². The molecule has 29 heavy (non-hydrogen) atoms. The standard InChI is InChI=1S/C24H31NO4/c1-16(2)19-10-8-17(3)13-23(19)29-15-24(26)25-12-6-7-21(25)20-11-9-18(27-4)14-22(20)28-5/h8-11,13-14,16,21H,6-7,12,15H2,1-5H3/t21-/m1/s1. The van der Waals surface area contributed by atoms with Crippen LogP contribution in [0, 0.1) is 6.92 Å². The van der Waals surface area contributed by atoms with Crippen molar-refractivity contribution in [1.82, 2.24) is 4.90 Å². The van der Waals surface area contributed by atoms with Gasteiger partial charge in [-0.25, -0.2) is 0 Å². The number of carbonyl (C=O) groups excluding carboxylic acids is 1. The molecule has 0 spiro atoms. The summed E-state index contributed by atoms with van der Waals surface area (Å²) in [7, 11) is 3.28. The number of benzene rings is 2. The Morgan fingerprint density at radius 3 is 2.59 bits per heavy atom. The summed E-state index contributed by atoms with van der Waals surface area (Å²) in [4.78, 5) is 14.9. The van der Waals surface area contributed by atoms with Gasteiger partial charge >= 0.3 is 0 Å². The molecule has 0 N–H and O–H groups in total. The number of amides is 1. The van der Waals surface area contributed by atoms with Crippen LogP contribution in [0.1, 0.15) is 55.3 Å². The highest BCUT2D eigenvalue weighted by molar-refractivity contribution is 5.79. The molecule has 1 atom stereocenters. The highest BCUT2D eigenvalue weighted by Crippen LogP contribution is 2.39. The molecule has 2 aromatic carbocycles. The van der Waals surface area contributed by atoms with Crippen LogP contribution in [0.15, 0.2) is 36.4 Å². The molecule has 5 nitrogen and oxygen atoms in total. The van der Waals surface area contributed by atoms with E-state index < -0.39 is 0 Å². The van der Waals surface area contributed by atoms with Gasteiger partial charge in [-0.05, 0) is 55.0 Å². The lowest BCUT2D eigenvalue weighted by atomic mass is 10.0. The molecule has 0 radical (unpaired) electrons. The van der Waals surface area contributed by atoms with E-state index in [-0.39, 0.29) is 18.6 Å². The number of nitrogens with zero attached hydrogens (tertiary/aromatic N) is 1. The third kappa shape index (κ3) is 4.66. The molecule has 1 aliphatic heterocycles. The molecule has 0 bridgehead atoms. The SMILES string of the molecule is COc1ccc([C@H]2CCCN2C(=O)COc2cc(C)ccc2C(C)C)c(OC)c1. The predicted octanol–water partition coefficient (Wildman–Crippen LogP) is 4.88. The first-order chi connectivity index (χ1) is 13.9. The number of methoxy groups -OCH3 is 2. The zero-order valence-electron chi connectivity index (χ0n) is 18.0. The molecule has 1 fully saturated rings. The molecular formula is C24H31NO4. The summed E-state index contributed by atoms with van der Waals surface area (Å²) in [5.74, 6) is 2.62. The summed E-state index contributed by atoms with van der Waals surface area (Å²) in [6.45, 7) is 7.06. The zero-order valence-corrected chi connectivity index (χ0v) is 18.0. The molecule has 1 heterocycles. The van der Waals surface area contributed by atoms with Crippen LogP contribution in [0.3, 0.4) is 0 Å². The summed E-state index contributed by atoms with van der Waals surface area (Å²) in [6, 6.07) is 11.9. The van der Waals surface area contributed by atoms with Gasteiger partial charge in [-0.3, -0.25) is 4.79 Å². The minimum atomic E-state index is -0.00552. The molecule has 156 valence electrons. The van der Waals surface area contributed by atoms with Crippen molar-refractivity contribution in [2.24, 2.45) is 0 Å². The molecule has 0 saturated carbocycles. The maximum absolute atomic E-state index is 13.0. The van der Waals surface area contributed by atoms with E-state index in [1.807, 2.05) is 36.1 Å². The van der Waals surface area contributed by atoms with E-state index in [9.17, 15) is 4.79 Å². The van der Waals surface area contributed by atoms with Crippen molar-refractivity contribution >= 4 is 5.91 Å². The fourth-order valence-corrected chi connectivity index (χ4v) is 3.95. The van der Waals surface area contributed by atoms with Gasteiger partial charge in [0.25, 0.3) is 5.91 Å². The molecule has 0 unspecified atom stereocenters. The number of rotatable bonds is 7. The van der Waals surface area contributed by atoms with E-state index in [0.29, 0.717) is 5.92 Å². The molecule has 1 aliphatic rings. The first-order valence-electron chi connectivity index (χ1n) is 10.2. The Labute approximate surface area is 173 Å². The summed E-state index contributed by atoms with van der Waals surface area (Å²) < 4.78 is 16.8. The average Bonchev–Trinajstić information content (AvgIpc) is 3.21. The lowest BCUT2D eigenvalue weighted by Crippen LogP contribution is -2.34. The highest BCUT2D eigenvalue weighted by Gasteiger charge is 2.32. The molecule has 2 aromatic rings. The van der Waals surface area contributed by atoms with E-state index in [4.69, 9.17) is 14.2 Å². The van der Waals surface area contributed by atoms with E-state index in [0.717, 1.165) is 53.3 Å². The van der Waals surface area contributed by atoms with Crippen molar-refractivity contribution in [2.45, 2.75) is 45.6 Å². The average molecular weight is 398 g/mol. The quantitative estimate of drug-likeness (QED) is 0.668. The van der Waals surface area contributed by atoms with Crippen LogP contribution in [0.25, 0.3) is 0 Å². The fourth-order valence-electron chi connectivity index (χ4n) is 3.95. The minimum absolute atomic E-state index is 0.00147. The van der Waals surface area contributed by atoms with Crippen molar-refractivity contribution in [3.8, 4) is 17.2 Å². The maximum Gasteiger partial charge on any atom is 0.261 e. The van der Waals surface area contributed by atoms with Crippen LogP contribution in [0.4, 0.5) is 0 Å². The Hall–Kier alpha value is -2.69. The normalized spacial score (nSPS) is 16.2. The van der Waals surface area contributed by atoms with Crippen molar-refractivity contribution in [3.63, 3.8) is 0 Å². The number of aryl methyl sites for hydroxylation is 1. The number of hydrogen-bond donors (Lipinski definition) is 0. The van der Waals surface area contributed by atoms with Gasteiger partial charge in [0.05, 0.1) is 20.3 Å². The smallest absolute Gasteiger partial charge is 0.261 e.